The summed E-state index contributed by atoms with van der Waals surface area (Å²) in [4.78, 5) is 29.5. The highest BCUT2D eigenvalue weighted by Gasteiger charge is 2.35. The molecule has 8 nitrogen and oxygen atoms in total. The topological polar surface area (TPSA) is 96.0 Å². The molecule has 1 aliphatic carbocycles. The summed E-state index contributed by atoms with van der Waals surface area (Å²) in [6.45, 7) is 5.36. The number of carbonyl (C=O) groups is 2. The number of aryl methyl sites for hydroxylation is 2. The molecular formula is C33H41N3O5S. The van der Waals surface area contributed by atoms with E-state index in [2.05, 4.69) is 5.32 Å². The molecule has 3 aromatic carbocycles. The lowest BCUT2D eigenvalue weighted by molar-refractivity contribution is -0.140. The van der Waals surface area contributed by atoms with Crippen LogP contribution < -0.4 is 14.4 Å². The zero-order valence-electron chi connectivity index (χ0n) is 24.9. The van der Waals surface area contributed by atoms with Gasteiger partial charge in [0.1, 0.15) is 18.3 Å². The first-order chi connectivity index (χ1) is 20.1. The molecule has 9 heteroatoms. The van der Waals surface area contributed by atoms with Gasteiger partial charge in [-0.15, -0.1) is 0 Å². The Kier molecular flexibility index (Phi) is 10.3. The molecule has 1 fully saturated rings. The van der Waals surface area contributed by atoms with Gasteiger partial charge in [-0.2, -0.15) is 0 Å². The number of methoxy groups -OCH3 is 1. The van der Waals surface area contributed by atoms with E-state index in [0.29, 0.717) is 12.2 Å². The predicted octanol–water partition coefficient (Wildman–Crippen LogP) is 5.37. The van der Waals surface area contributed by atoms with Crippen molar-refractivity contribution < 1.29 is 22.7 Å². The quantitative estimate of drug-likeness (QED) is 0.305. The third-order valence-electron chi connectivity index (χ3n) is 7.74. The van der Waals surface area contributed by atoms with Gasteiger partial charge in [0.2, 0.25) is 11.8 Å². The zero-order valence-corrected chi connectivity index (χ0v) is 25.7. The fourth-order valence-corrected chi connectivity index (χ4v) is 6.96. The maximum absolute atomic E-state index is 14.3. The summed E-state index contributed by atoms with van der Waals surface area (Å²) in [5, 5.41) is 3.14. The maximum atomic E-state index is 14.3. The van der Waals surface area contributed by atoms with E-state index in [1.54, 1.807) is 30.3 Å². The molecule has 0 spiro atoms. The molecule has 0 aromatic heterocycles. The van der Waals surface area contributed by atoms with Gasteiger partial charge >= 0.3 is 0 Å². The molecule has 0 aliphatic heterocycles. The van der Waals surface area contributed by atoms with Crippen molar-refractivity contribution in [3.05, 3.63) is 89.5 Å². The van der Waals surface area contributed by atoms with Crippen LogP contribution in [0.5, 0.6) is 5.75 Å². The summed E-state index contributed by atoms with van der Waals surface area (Å²) in [5.74, 6) is -0.367. The minimum absolute atomic E-state index is 0.0533. The first-order valence-corrected chi connectivity index (χ1v) is 16.0. The van der Waals surface area contributed by atoms with Crippen molar-refractivity contribution in [1.29, 1.82) is 0 Å². The summed E-state index contributed by atoms with van der Waals surface area (Å²) in [6.07, 6.45) is 4.36. The zero-order chi connectivity index (χ0) is 30.3. The maximum Gasteiger partial charge on any atom is 0.264 e. The number of benzene rings is 3. The van der Waals surface area contributed by atoms with E-state index in [1.807, 2.05) is 51.1 Å². The fraction of sp³-hybridized carbons (Fsp3) is 0.394. The molecule has 0 bridgehead atoms. The second kappa shape index (κ2) is 13.9. The number of sulfonamides is 1. The summed E-state index contributed by atoms with van der Waals surface area (Å²) >= 11 is 0. The van der Waals surface area contributed by atoms with Crippen LogP contribution in [0.3, 0.4) is 0 Å². The molecule has 42 heavy (non-hydrogen) atoms. The molecule has 0 unspecified atom stereocenters. The van der Waals surface area contributed by atoms with Crippen molar-refractivity contribution in [3.63, 3.8) is 0 Å². The Labute approximate surface area is 249 Å². The Morgan fingerprint density at radius 3 is 2.29 bits per heavy atom. The molecular weight excluding hydrogens is 550 g/mol. The molecule has 1 saturated carbocycles. The smallest absolute Gasteiger partial charge is 0.264 e. The highest BCUT2D eigenvalue weighted by atomic mass is 32.2. The Hall–Kier alpha value is -3.85. The number of anilines is 1. The molecule has 3 aromatic rings. The summed E-state index contributed by atoms with van der Waals surface area (Å²) in [5.41, 5.74) is 2.96. The molecule has 2 amide bonds. The minimum Gasteiger partial charge on any atom is -0.495 e. The van der Waals surface area contributed by atoms with Crippen LogP contribution in [0.25, 0.3) is 0 Å². The minimum atomic E-state index is -4.18. The van der Waals surface area contributed by atoms with Crippen molar-refractivity contribution in [2.45, 2.75) is 76.4 Å². The first kappa shape index (κ1) is 31.1. The number of hydrogen-bond acceptors (Lipinski definition) is 5. The van der Waals surface area contributed by atoms with Crippen LogP contribution in [-0.2, 0) is 26.2 Å². The number of amides is 2. The van der Waals surface area contributed by atoms with Gasteiger partial charge in [0.05, 0.1) is 17.7 Å². The molecule has 1 aliphatic rings. The van der Waals surface area contributed by atoms with Crippen molar-refractivity contribution >= 4 is 27.5 Å². The number of nitrogens with one attached hydrogen (secondary N) is 1. The lowest BCUT2D eigenvalue weighted by Crippen LogP contribution is -2.53. The Bertz CT molecular complexity index is 1490. The summed E-state index contributed by atoms with van der Waals surface area (Å²) in [7, 11) is -2.71. The molecule has 1 N–H and O–H groups in total. The molecule has 1 atom stereocenters. The molecule has 4 rings (SSSR count). The molecule has 0 radical (unpaired) electrons. The van der Waals surface area contributed by atoms with Crippen molar-refractivity contribution in [2.75, 3.05) is 18.0 Å². The lowest BCUT2D eigenvalue weighted by Gasteiger charge is -2.34. The number of hydrogen-bond donors (Lipinski definition) is 1. The van der Waals surface area contributed by atoms with Gasteiger partial charge in [0.25, 0.3) is 10.0 Å². The molecule has 0 heterocycles. The second-order valence-electron chi connectivity index (χ2n) is 10.9. The van der Waals surface area contributed by atoms with Crippen LogP contribution in [0.2, 0.25) is 0 Å². The fourth-order valence-electron chi connectivity index (χ4n) is 5.52. The Morgan fingerprint density at radius 1 is 0.952 bits per heavy atom. The van der Waals surface area contributed by atoms with Gasteiger partial charge in [-0.3, -0.25) is 13.9 Å². The van der Waals surface area contributed by atoms with Crippen LogP contribution in [0.15, 0.2) is 77.7 Å². The van der Waals surface area contributed by atoms with Crippen LogP contribution in [0.1, 0.15) is 55.7 Å². The van der Waals surface area contributed by atoms with Gasteiger partial charge in [0.15, 0.2) is 0 Å². The van der Waals surface area contributed by atoms with E-state index in [1.165, 1.54) is 24.1 Å². The number of carbonyl (C=O) groups excluding carboxylic acids is 2. The third kappa shape index (κ3) is 7.31. The third-order valence-corrected chi connectivity index (χ3v) is 9.51. The number of rotatable bonds is 12. The summed E-state index contributed by atoms with van der Waals surface area (Å²) < 4.78 is 34.8. The van der Waals surface area contributed by atoms with Crippen molar-refractivity contribution in [1.82, 2.24) is 10.2 Å². The molecule has 0 saturated heterocycles. The standard InChI is InChI=1S/C33H41N3O5S/c1-5-29(33(38)34-27-14-9-10-15-27)35(22-26-13-11-12-24(2)20-26)32(37)23-36(30-21-25(3)18-19-31(30)41-4)42(39,40)28-16-7-6-8-17-28/h6-8,11-13,16-21,27,29H,5,9-10,14-15,22-23H2,1-4H3,(H,34,38)/t29-/m1/s1. The SMILES string of the molecule is CC[C@H](C(=O)NC1CCCC1)N(Cc1cccc(C)c1)C(=O)CN(c1cc(C)ccc1OC)S(=O)(=O)c1ccccc1. The highest BCUT2D eigenvalue weighted by molar-refractivity contribution is 7.92. The van der Waals surface area contributed by atoms with Crippen LogP contribution in [0, 0.1) is 13.8 Å². The number of nitrogens with zero attached hydrogens (tertiary/aromatic N) is 2. The highest BCUT2D eigenvalue weighted by Crippen LogP contribution is 2.34. The van der Waals surface area contributed by atoms with Gasteiger partial charge < -0.3 is 15.0 Å². The Balaban J connectivity index is 1.76. The predicted molar refractivity (Wildman–Crippen MR) is 165 cm³/mol. The van der Waals surface area contributed by atoms with Crippen molar-refractivity contribution in [3.8, 4) is 5.75 Å². The van der Waals surface area contributed by atoms with E-state index in [0.717, 1.165) is 46.7 Å². The van der Waals surface area contributed by atoms with Gasteiger partial charge in [-0.25, -0.2) is 8.42 Å². The monoisotopic (exact) mass is 591 g/mol. The lowest BCUT2D eigenvalue weighted by atomic mass is 10.1. The van der Waals surface area contributed by atoms with E-state index in [4.69, 9.17) is 4.74 Å². The van der Waals surface area contributed by atoms with Crippen LogP contribution in [0.4, 0.5) is 5.69 Å². The average Bonchev–Trinajstić information content (AvgIpc) is 3.49. The number of ether oxygens (including phenoxy) is 1. The Morgan fingerprint density at radius 2 is 1.64 bits per heavy atom. The normalized spacial score (nSPS) is 14.3. The van der Waals surface area contributed by atoms with E-state index in [9.17, 15) is 18.0 Å². The average molecular weight is 592 g/mol. The van der Waals surface area contributed by atoms with Crippen LogP contribution in [-0.4, -0.2) is 50.9 Å². The molecule has 224 valence electrons. The first-order valence-electron chi connectivity index (χ1n) is 14.5. The largest absolute Gasteiger partial charge is 0.495 e. The van der Waals surface area contributed by atoms with E-state index < -0.39 is 28.5 Å². The second-order valence-corrected chi connectivity index (χ2v) is 12.8. The van der Waals surface area contributed by atoms with E-state index in [-0.39, 0.29) is 29.1 Å². The van der Waals surface area contributed by atoms with Crippen molar-refractivity contribution in [2.24, 2.45) is 0 Å². The van der Waals surface area contributed by atoms with Crippen LogP contribution >= 0.6 is 0 Å². The summed E-state index contributed by atoms with van der Waals surface area (Å²) in [6, 6.07) is 20.3. The van der Waals surface area contributed by atoms with E-state index >= 15 is 0 Å². The van der Waals surface area contributed by atoms with Gasteiger partial charge in [-0.05, 0) is 68.5 Å². The van der Waals surface area contributed by atoms with Gasteiger partial charge in [-0.1, -0.05) is 73.9 Å². The van der Waals surface area contributed by atoms with Gasteiger partial charge in [0, 0.05) is 12.6 Å².